The molecule has 0 radical (unpaired) electrons. The first-order chi connectivity index (χ1) is 2.77. The highest BCUT2D eigenvalue weighted by Crippen LogP contribution is 1.42. The Hall–Kier alpha value is -0.300. The molecule has 0 amide bonds. The van der Waals surface area contributed by atoms with Gasteiger partial charge in [0.2, 0.25) is 0 Å². The number of nitrogens with one attached hydrogen (secondary N) is 1. The molecule has 0 aromatic rings. The Balaban J connectivity index is 2.81. The van der Waals surface area contributed by atoms with E-state index in [-0.39, 0.29) is 0 Å². The van der Waals surface area contributed by atoms with E-state index in [0.29, 0.717) is 0 Å². The summed E-state index contributed by atoms with van der Waals surface area (Å²) in [5, 5.41) is 0. The fourth-order valence-electron chi connectivity index (χ4n) is 0.289. The fourth-order valence-corrected chi connectivity index (χ4v) is 0.289. The van der Waals surface area contributed by atoms with Gasteiger partial charge in [-0.15, -0.1) is 0 Å². The lowest BCUT2D eigenvalue weighted by Crippen LogP contribution is -3.05. The highest BCUT2D eigenvalue weighted by molar-refractivity contribution is 4.61. The first-order valence-electron chi connectivity index (χ1n) is 2.17. The Bertz CT molecular complexity index is 39.2. The van der Waals surface area contributed by atoms with Gasteiger partial charge in [-0.3, -0.25) is 0 Å². The third kappa shape index (κ3) is 3.70. The van der Waals surface area contributed by atoms with Crippen LogP contribution >= 0.6 is 0 Å². The van der Waals surface area contributed by atoms with Crippen LogP contribution in [-0.4, -0.2) is 20.6 Å². The molecule has 0 aliphatic heterocycles. The number of hydrogen-bond donors (Lipinski definition) is 1. The van der Waals surface area contributed by atoms with Crippen LogP contribution in [0.25, 0.3) is 0 Å². The molecule has 0 fully saturated rings. The van der Waals surface area contributed by atoms with Gasteiger partial charge in [0.1, 0.15) is 0 Å². The van der Waals surface area contributed by atoms with Crippen molar-refractivity contribution in [2.45, 2.75) is 0 Å². The van der Waals surface area contributed by atoms with Crippen molar-refractivity contribution in [2.24, 2.45) is 0 Å². The molecule has 0 heterocycles. The molecule has 0 saturated heterocycles. The molecule has 0 atom stereocenters. The molecule has 0 bridgehead atoms. The molecule has 6 heavy (non-hydrogen) atoms. The molecule has 1 heteroatoms. The standard InChI is InChI=1S/C5H11N/c1-4-5-6(2)3/h4H,1,5H2,2-3H3/p+1. The maximum Gasteiger partial charge on any atom is 0.0951 e. The fraction of sp³-hybridized carbons (Fsp3) is 0.600. The number of quaternary nitrogens is 1. The van der Waals surface area contributed by atoms with Gasteiger partial charge in [-0.25, -0.2) is 0 Å². The van der Waals surface area contributed by atoms with E-state index in [4.69, 9.17) is 0 Å². The van der Waals surface area contributed by atoms with Gasteiger partial charge >= 0.3 is 0 Å². The predicted molar refractivity (Wildman–Crippen MR) is 27.9 cm³/mol. The maximum absolute atomic E-state index is 3.58. The molecule has 0 aromatic carbocycles. The third-order valence-electron chi connectivity index (χ3n) is 0.553. The van der Waals surface area contributed by atoms with Gasteiger partial charge in [-0.05, 0) is 6.08 Å². The first kappa shape index (κ1) is 5.70. The zero-order valence-electron chi connectivity index (χ0n) is 4.49. The van der Waals surface area contributed by atoms with Gasteiger partial charge in [0.05, 0.1) is 20.6 Å². The van der Waals surface area contributed by atoms with Crippen molar-refractivity contribution in [1.82, 2.24) is 0 Å². The quantitative estimate of drug-likeness (QED) is 0.425. The molecular formula is C5H12N+. The Kier molecular flexibility index (Phi) is 2.77. The molecule has 0 aromatic heterocycles. The van der Waals surface area contributed by atoms with Gasteiger partial charge in [-0.1, -0.05) is 6.58 Å². The van der Waals surface area contributed by atoms with E-state index in [1.165, 1.54) is 4.90 Å². The van der Waals surface area contributed by atoms with Crippen LogP contribution in [0.1, 0.15) is 0 Å². The van der Waals surface area contributed by atoms with E-state index in [0.717, 1.165) is 6.54 Å². The second-order valence-corrected chi connectivity index (χ2v) is 1.70. The molecular weight excluding hydrogens is 74.1 g/mol. The maximum atomic E-state index is 3.58. The minimum absolute atomic E-state index is 1.06. The molecule has 0 unspecified atom stereocenters. The summed E-state index contributed by atoms with van der Waals surface area (Å²) in [7, 11) is 4.20. The van der Waals surface area contributed by atoms with Crippen LogP contribution in [0.2, 0.25) is 0 Å². The van der Waals surface area contributed by atoms with Gasteiger partial charge in [-0.2, -0.15) is 0 Å². The largest absolute Gasteiger partial charge is 0.337 e. The lowest BCUT2D eigenvalue weighted by atomic mass is 10.6. The normalized spacial score (nSPS) is 9.17. The van der Waals surface area contributed by atoms with Gasteiger partial charge in [0, 0.05) is 0 Å². The highest BCUT2D eigenvalue weighted by Gasteiger charge is 1.79. The van der Waals surface area contributed by atoms with E-state index in [1.807, 2.05) is 6.08 Å². The Labute approximate surface area is 39.3 Å². The molecule has 0 saturated carbocycles. The predicted octanol–water partition coefficient (Wildman–Crippen LogP) is -0.683. The smallest absolute Gasteiger partial charge is 0.0951 e. The summed E-state index contributed by atoms with van der Waals surface area (Å²) in [5.74, 6) is 0. The molecule has 0 rings (SSSR count). The van der Waals surface area contributed by atoms with E-state index in [9.17, 15) is 0 Å². The summed E-state index contributed by atoms with van der Waals surface area (Å²) in [6, 6.07) is 0. The van der Waals surface area contributed by atoms with Crippen LogP contribution < -0.4 is 4.90 Å². The van der Waals surface area contributed by atoms with Gasteiger partial charge in [0.25, 0.3) is 0 Å². The van der Waals surface area contributed by atoms with Crippen molar-refractivity contribution < 1.29 is 4.90 Å². The zero-order valence-corrected chi connectivity index (χ0v) is 4.49. The monoisotopic (exact) mass is 86.1 g/mol. The molecule has 1 N–H and O–H groups in total. The molecule has 0 aliphatic rings. The topological polar surface area (TPSA) is 4.44 Å². The van der Waals surface area contributed by atoms with Crippen molar-refractivity contribution in [2.75, 3.05) is 20.6 Å². The van der Waals surface area contributed by atoms with Gasteiger partial charge in [0.15, 0.2) is 0 Å². The van der Waals surface area contributed by atoms with Crippen LogP contribution in [0.15, 0.2) is 12.7 Å². The summed E-state index contributed by atoms with van der Waals surface area (Å²) in [4.78, 5) is 1.42. The molecule has 0 aliphatic carbocycles. The summed E-state index contributed by atoms with van der Waals surface area (Å²) >= 11 is 0. The summed E-state index contributed by atoms with van der Waals surface area (Å²) < 4.78 is 0. The van der Waals surface area contributed by atoms with E-state index in [2.05, 4.69) is 20.7 Å². The van der Waals surface area contributed by atoms with Crippen LogP contribution in [0.5, 0.6) is 0 Å². The van der Waals surface area contributed by atoms with E-state index in [1.54, 1.807) is 0 Å². The summed E-state index contributed by atoms with van der Waals surface area (Å²) in [6.45, 7) is 4.64. The lowest BCUT2D eigenvalue weighted by Gasteiger charge is -1.98. The molecule has 36 valence electrons. The average molecular weight is 86.2 g/mol. The average Bonchev–Trinajstić information content (AvgIpc) is 1.35. The highest BCUT2D eigenvalue weighted by atomic mass is 15.0. The van der Waals surface area contributed by atoms with E-state index < -0.39 is 0 Å². The SMILES string of the molecule is C=CC[NH+](C)C. The third-order valence-corrected chi connectivity index (χ3v) is 0.553. The van der Waals surface area contributed by atoms with Crippen molar-refractivity contribution in [3.63, 3.8) is 0 Å². The minimum atomic E-state index is 1.06. The number of rotatable bonds is 2. The minimum Gasteiger partial charge on any atom is -0.337 e. The van der Waals surface area contributed by atoms with Crippen LogP contribution in [-0.2, 0) is 0 Å². The molecule has 1 nitrogen and oxygen atoms in total. The van der Waals surface area contributed by atoms with Crippen molar-refractivity contribution in [3.05, 3.63) is 12.7 Å². The zero-order chi connectivity index (χ0) is 4.99. The van der Waals surface area contributed by atoms with Crippen molar-refractivity contribution >= 4 is 0 Å². The number of likely N-dealkylation sites (N-methyl/N-ethyl adjacent to an activating group) is 1. The summed E-state index contributed by atoms with van der Waals surface area (Å²) in [6.07, 6.45) is 1.91. The van der Waals surface area contributed by atoms with Crippen molar-refractivity contribution in [3.8, 4) is 0 Å². The summed E-state index contributed by atoms with van der Waals surface area (Å²) in [5.41, 5.74) is 0. The first-order valence-corrected chi connectivity index (χ1v) is 2.17. The Morgan fingerprint density at radius 3 is 2.17 bits per heavy atom. The van der Waals surface area contributed by atoms with Crippen LogP contribution in [0, 0.1) is 0 Å². The van der Waals surface area contributed by atoms with E-state index >= 15 is 0 Å². The van der Waals surface area contributed by atoms with Crippen LogP contribution in [0.3, 0.4) is 0 Å². The number of hydrogen-bond acceptors (Lipinski definition) is 0. The Morgan fingerprint density at radius 2 is 2.17 bits per heavy atom. The van der Waals surface area contributed by atoms with Crippen molar-refractivity contribution in [1.29, 1.82) is 0 Å². The van der Waals surface area contributed by atoms with Crippen LogP contribution in [0.4, 0.5) is 0 Å². The lowest BCUT2D eigenvalue weighted by molar-refractivity contribution is -0.851. The molecule has 0 spiro atoms. The Morgan fingerprint density at radius 1 is 1.67 bits per heavy atom. The second kappa shape index (κ2) is 2.91. The second-order valence-electron chi connectivity index (χ2n) is 1.70. The van der Waals surface area contributed by atoms with Gasteiger partial charge < -0.3 is 4.90 Å².